The molecular weight excluding hydrogens is 394 g/mol. The first-order valence-corrected chi connectivity index (χ1v) is 11.0. The lowest BCUT2D eigenvalue weighted by atomic mass is 9.99. The molecule has 6 nitrogen and oxygen atoms in total. The number of carbonyl (C=O) groups excluding carboxylic acids is 1. The molecule has 1 saturated heterocycles. The number of nitrogens with zero attached hydrogens (tertiary/aromatic N) is 5. The molecule has 0 saturated carbocycles. The maximum atomic E-state index is 12.6. The molecule has 3 rings (SSSR count). The molecule has 2 heterocycles. The number of halogens is 1. The van der Waals surface area contributed by atoms with Crippen LogP contribution >= 0.6 is 23.4 Å². The Hall–Kier alpha value is -1.57. The molecule has 0 spiro atoms. The number of hydrogen-bond acceptors (Lipinski definition) is 5. The average molecular weight is 422 g/mol. The zero-order chi connectivity index (χ0) is 20.3. The van der Waals surface area contributed by atoms with Crippen LogP contribution in [-0.4, -0.2) is 63.4 Å². The van der Waals surface area contributed by atoms with Crippen molar-refractivity contribution in [2.75, 3.05) is 32.9 Å². The Morgan fingerprint density at radius 1 is 1.25 bits per heavy atom. The minimum atomic E-state index is 0.0804. The molecule has 1 fully saturated rings. The predicted octanol–water partition coefficient (Wildman–Crippen LogP) is 3.89. The van der Waals surface area contributed by atoms with Crippen LogP contribution in [-0.2, 0) is 4.79 Å². The molecule has 0 radical (unpaired) electrons. The SMILES string of the molecule is CC1CCN(C(=O)CSc2nnc(C(C)N(C)C)n2-c2ccc(Cl)cc2)CC1. The lowest BCUT2D eigenvalue weighted by molar-refractivity contribution is -0.129. The number of benzene rings is 1. The van der Waals surface area contributed by atoms with E-state index in [0.717, 1.165) is 42.6 Å². The van der Waals surface area contributed by atoms with Crippen LogP contribution in [0.1, 0.15) is 38.6 Å². The molecule has 1 aromatic heterocycles. The first-order valence-electron chi connectivity index (χ1n) is 9.65. The zero-order valence-electron chi connectivity index (χ0n) is 16.9. The van der Waals surface area contributed by atoms with Crippen LogP contribution in [0.5, 0.6) is 0 Å². The highest BCUT2D eigenvalue weighted by Crippen LogP contribution is 2.28. The van der Waals surface area contributed by atoms with Crippen LogP contribution in [0.4, 0.5) is 0 Å². The van der Waals surface area contributed by atoms with E-state index in [1.807, 2.05) is 47.8 Å². The summed E-state index contributed by atoms with van der Waals surface area (Å²) in [6.45, 7) is 6.05. The summed E-state index contributed by atoms with van der Waals surface area (Å²) in [7, 11) is 4.03. The van der Waals surface area contributed by atoms with Gasteiger partial charge in [-0.2, -0.15) is 0 Å². The van der Waals surface area contributed by atoms with E-state index in [1.54, 1.807) is 0 Å². The number of thioether (sulfide) groups is 1. The molecule has 8 heteroatoms. The highest BCUT2D eigenvalue weighted by atomic mass is 35.5. The van der Waals surface area contributed by atoms with Crippen LogP contribution < -0.4 is 0 Å². The molecule has 0 N–H and O–H groups in total. The molecule has 1 aliphatic heterocycles. The molecule has 1 amide bonds. The van der Waals surface area contributed by atoms with Gasteiger partial charge < -0.3 is 4.90 Å². The summed E-state index contributed by atoms with van der Waals surface area (Å²) in [4.78, 5) is 16.7. The van der Waals surface area contributed by atoms with Gasteiger partial charge in [-0.3, -0.25) is 14.3 Å². The zero-order valence-corrected chi connectivity index (χ0v) is 18.5. The van der Waals surface area contributed by atoms with Gasteiger partial charge in [0.15, 0.2) is 11.0 Å². The summed E-state index contributed by atoms with van der Waals surface area (Å²) >= 11 is 7.51. The number of rotatable bonds is 6. The Morgan fingerprint density at radius 2 is 1.89 bits per heavy atom. The predicted molar refractivity (Wildman–Crippen MR) is 114 cm³/mol. The van der Waals surface area contributed by atoms with Crippen LogP contribution in [0.2, 0.25) is 5.02 Å². The van der Waals surface area contributed by atoms with Crippen molar-refractivity contribution < 1.29 is 4.79 Å². The minimum absolute atomic E-state index is 0.0804. The highest BCUT2D eigenvalue weighted by Gasteiger charge is 2.24. The molecular formula is C20H28ClN5OS. The second kappa shape index (κ2) is 9.29. The van der Waals surface area contributed by atoms with Crippen LogP contribution in [0.3, 0.4) is 0 Å². The van der Waals surface area contributed by atoms with E-state index in [4.69, 9.17) is 11.6 Å². The molecule has 1 aliphatic rings. The van der Waals surface area contributed by atoms with Gasteiger partial charge in [-0.05, 0) is 64.0 Å². The number of carbonyl (C=O) groups is 1. The molecule has 152 valence electrons. The molecule has 1 aromatic carbocycles. The van der Waals surface area contributed by atoms with E-state index >= 15 is 0 Å². The van der Waals surface area contributed by atoms with Gasteiger partial charge in [0.25, 0.3) is 0 Å². The van der Waals surface area contributed by atoms with Crippen LogP contribution in [0, 0.1) is 5.92 Å². The second-order valence-corrected chi connectivity index (χ2v) is 9.02. The number of aromatic nitrogens is 3. The Bertz CT molecular complexity index is 799. The van der Waals surface area contributed by atoms with Crippen molar-refractivity contribution in [1.82, 2.24) is 24.6 Å². The number of piperidine rings is 1. The van der Waals surface area contributed by atoms with E-state index in [2.05, 4.69) is 28.9 Å². The Balaban J connectivity index is 1.80. The maximum Gasteiger partial charge on any atom is 0.233 e. The molecule has 1 unspecified atom stereocenters. The van der Waals surface area contributed by atoms with Crippen molar-refractivity contribution in [3.05, 3.63) is 35.1 Å². The van der Waals surface area contributed by atoms with Gasteiger partial charge in [0.05, 0.1) is 11.8 Å². The third-order valence-electron chi connectivity index (χ3n) is 5.35. The Morgan fingerprint density at radius 3 is 2.50 bits per heavy atom. The topological polar surface area (TPSA) is 54.3 Å². The fourth-order valence-electron chi connectivity index (χ4n) is 3.18. The summed E-state index contributed by atoms with van der Waals surface area (Å²) < 4.78 is 2.03. The van der Waals surface area contributed by atoms with Gasteiger partial charge in [-0.15, -0.1) is 10.2 Å². The Labute approximate surface area is 176 Å². The molecule has 0 bridgehead atoms. The molecule has 1 atom stereocenters. The summed E-state index contributed by atoms with van der Waals surface area (Å²) in [5.74, 6) is 2.09. The fourth-order valence-corrected chi connectivity index (χ4v) is 4.17. The Kier molecular flexibility index (Phi) is 7.01. The number of hydrogen-bond donors (Lipinski definition) is 0. The first kappa shape index (κ1) is 21.1. The molecule has 2 aromatic rings. The summed E-state index contributed by atoms with van der Waals surface area (Å²) in [5, 5.41) is 10.2. The van der Waals surface area contributed by atoms with Crippen molar-refractivity contribution in [1.29, 1.82) is 0 Å². The highest BCUT2D eigenvalue weighted by molar-refractivity contribution is 7.99. The smallest absolute Gasteiger partial charge is 0.233 e. The third kappa shape index (κ3) is 4.88. The van der Waals surface area contributed by atoms with Gasteiger partial charge in [0.1, 0.15) is 0 Å². The van der Waals surface area contributed by atoms with Gasteiger partial charge in [0, 0.05) is 23.8 Å². The van der Waals surface area contributed by atoms with E-state index in [0.29, 0.717) is 16.7 Å². The second-order valence-electron chi connectivity index (χ2n) is 7.64. The van der Waals surface area contributed by atoms with Gasteiger partial charge in [-0.25, -0.2) is 0 Å². The van der Waals surface area contributed by atoms with E-state index in [-0.39, 0.29) is 11.9 Å². The molecule has 0 aliphatic carbocycles. The van der Waals surface area contributed by atoms with Crippen LogP contribution in [0.15, 0.2) is 29.4 Å². The number of likely N-dealkylation sites (tertiary alicyclic amines) is 1. The third-order valence-corrected chi connectivity index (χ3v) is 6.52. The maximum absolute atomic E-state index is 12.6. The largest absolute Gasteiger partial charge is 0.342 e. The van der Waals surface area contributed by atoms with E-state index < -0.39 is 0 Å². The van der Waals surface area contributed by atoms with Crippen molar-refractivity contribution in [2.45, 2.75) is 37.9 Å². The lowest BCUT2D eigenvalue weighted by Crippen LogP contribution is -2.38. The van der Waals surface area contributed by atoms with Crippen molar-refractivity contribution >= 4 is 29.3 Å². The van der Waals surface area contributed by atoms with Gasteiger partial charge in [0.2, 0.25) is 5.91 Å². The van der Waals surface area contributed by atoms with Gasteiger partial charge >= 0.3 is 0 Å². The number of amides is 1. The normalized spacial score (nSPS) is 16.6. The lowest BCUT2D eigenvalue weighted by Gasteiger charge is -2.30. The van der Waals surface area contributed by atoms with Crippen molar-refractivity contribution in [3.8, 4) is 5.69 Å². The summed E-state index contributed by atoms with van der Waals surface area (Å²) in [5.41, 5.74) is 0.944. The standard InChI is InChI=1S/C20H28ClN5OS/c1-14-9-11-25(12-10-14)18(27)13-28-20-23-22-19(15(2)24(3)4)26(20)17-7-5-16(21)6-8-17/h5-8,14-15H,9-13H2,1-4H3. The summed E-state index contributed by atoms with van der Waals surface area (Å²) in [6.07, 6.45) is 2.17. The minimum Gasteiger partial charge on any atom is -0.342 e. The van der Waals surface area contributed by atoms with Crippen molar-refractivity contribution in [3.63, 3.8) is 0 Å². The van der Waals surface area contributed by atoms with E-state index in [9.17, 15) is 4.79 Å². The first-order chi connectivity index (χ1) is 13.4. The van der Waals surface area contributed by atoms with Crippen LogP contribution in [0.25, 0.3) is 5.69 Å². The summed E-state index contributed by atoms with van der Waals surface area (Å²) in [6, 6.07) is 7.70. The monoisotopic (exact) mass is 421 g/mol. The quantitative estimate of drug-likeness (QED) is 0.662. The molecule has 28 heavy (non-hydrogen) atoms. The average Bonchev–Trinajstić information content (AvgIpc) is 3.10. The van der Waals surface area contributed by atoms with Gasteiger partial charge in [-0.1, -0.05) is 30.3 Å². The van der Waals surface area contributed by atoms with Crippen molar-refractivity contribution in [2.24, 2.45) is 5.92 Å². The fraction of sp³-hybridized carbons (Fsp3) is 0.550. The van der Waals surface area contributed by atoms with E-state index in [1.165, 1.54) is 11.8 Å².